The standard InChI is InChI=1S/C42H61NO7/c1-25-8-7-9-37-40(21-28(4)29(5)24-43-37)16-15-34(36-20-27(3)39(46)47-36)30(6)35(40)19-26(2)10-11-32-14-17-41(48-32)22-31(44)23-42(50-41)38(45)13-12-33(18-25)49-42/h19-20,28-29,31-33,35-36,38,44-45H,1,7-18,21-24H2,2-6H3/b26-19-. The lowest BCUT2D eigenvalue weighted by Gasteiger charge is -2.52. The van der Waals surface area contributed by atoms with E-state index in [2.05, 4.69) is 40.3 Å². The van der Waals surface area contributed by atoms with Gasteiger partial charge in [0, 0.05) is 48.4 Å². The lowest BCUT2D eigenvalue weighted by Crippen LogP contribution is -2.63. The topological polar surface area (TPSA) is 107 Å². The van der Waals surface area contributed by atoms with Crippen LogP contribution in [0.4, 0.5) is 0 Å². The number of rotatable bonds is 1. The van der Waals surface area contributed by atoms with Crippen LogP contribution in [-0.2, 0) is 23.7 Å². The minimum atomic E-state index is -1.26. The Morgan fingerprint density at radius 2 is 1.70 bits per heavy atom. The SMILES string of the molecule is C=C1CCCC2=NCC(C)C(C)CC23CCC(C2C=C(C)C(=O)O2)=C(C)C3/C=C(/C)CCC2CCC3(CC(O)CC4(OC(CCC4O)C1)O3)O2. The molecule has 276 valence electrons. The van der Waals surface area contributed by atoms with Gasteiger partial charge in [-0.1, -0.05) is 43.2 Å². The summed E-state index contributed by atoms with van der Waals surface area (Å²) in [5.41, 5.74) is 7.03. The van der Waals surface area contributed by atoms with Crippen LogP contribution in [0.3, 0.4) is 0 Å². The molecular weight excluding hydrogens is 630 g/mol. The number of carbonyl (C=O) groups is 1. The molecule has 0 saturated carbocycles. The van der Waals surface area contributed by atoms with E-state index in [1.54, 1.807) is 0 Å². The molecule has 1 aliphatic carbocycles. The fourth-order valence-electron chi connectivity index (χ4n) is 10.5. The summed E-state index contributed by atoms with van der Waals surface area (Å²) < 4.78 is 26.0. The van der Waals surface area contributed by atoms with E-state index in [1.807, 2.05) is 13.0 Å². The molecule has 0 aromatic carbocycles. The summed E-state index contributed by atoms with van der Waals surface area (Å²) in [6.45, 7) is 16.5. The molecule has 7 rings (SSSR count). The highest BCUT2D eigenvalue weighted by molar-refractivity contribution is 5.92. The van der Waals surface area contributed by atoms with Crippen molar-refractivity contribution in [2.75, 3.05) is 6.54 Å². The number of ether oxygens (including phenoxy) is 4. The second kappa shape index (κ2) is 14.0. The molecule has 3 spiro atoms. The Morgan fingerprint density at radius 1 is 0.880 bits per heavy atom. The van der Waals surface area contributed by atoms with Gasteiger partial charge in [0.15, 0.2) is 11.6 Å². The van der Waals surface area contributed by atoms with Gasteiger partial charge in [-0.15, -0.1) is 0 Å². The maximum Gasteiger partial charge on any atom is 0.334 e. The summed E-state index contributed by atoms with van der Waals surface area (Å²) in [4.78, 5) is 18.0. The van der Waals surface area contributed by atoms with Crippen molar-refractivity contribution in [3.63, 3.8) is 0 Å². The van der Waals surface area contributed by atoms with Crippen LogP contribution in [0.25, 0.3) is 0 Å². The zero-order chi connectivity index (χ0) is 35.4. The van der Waals surface area contributed by atoms with Crippen molar-refractivity contribution in [3.8, 4) is 0 Å². The maximum atomic E-state index is 12.5. The normalized spacial score (nSPS) is 45.8. The smallest absolute Gasteiger partial charge is 0.334 e. The lowest BCUT2D eigenvalue weighted by atomic mass is 9.56. The highest BCUT2D eigenvalue weighted by Gasteiger charge is 2.59. The van der Waals surface area contributed by atoms with Gasteiger partial charge in [-0.3, -0.25) is 4.99 Å². The van der Waals surface area contributed by atoms with Crippen LogP contribution >= 0.6 is 0 Å². The first-order valence-electron chi connectivity index (χ1n) is 19.7. The summed E-state index contributed by atoms with van der Waals surface area (Å²) in [6, 6.07) is 0. The second-order valence-electron chi connectivity index (χ2n) is 17.3. The molecule has 8 nitrogen and oxygen atoms in total. The van der Waals surface area contributed by atoms with E-state index in [-0.39, 0.29) is 42.0 Å². The van der Waals surface area contributed by atoms with E-state index in [4.69, 9.17) is 23.9 Å². The number of cyclic esters (lactones) is 1. The van der Waals surface area contributed by atoms with E-state index < -0.39 is 23.8 Å². The van der Waals surface area contributed by atoms with Crippen molar-refractivity contribution < 1.29 is 34.0 Å². The van der Waals surface area contributed by atoms with Crippen LogP contribution in [0.15, 0.2) is 51.6 Å². The van der Waals surface area contributed by atoms with Gasteiger partial charge in [0.1, 0.15) is 12.2 Å². The van der Waals surface area contributed by atoms with Crippen molar-refractivity contribution >= 4 is 11.7 Å². The zero-order valence-electron chi connectivity index (χ0n) is 31.2. The number of aliphatic hydroxyl groups excluding tert-OH is 2. The molecule has 8 heteroatoms. The van der Waals surface area contributed by atoms with Crippen molar-refractivity contribution in [1.82, 2.24) is 0 Å². The van der Waals surface area contributed by atoms with Gasteiger partial charge in [-0.25, -0.2) is 4.79 Å². The molecular formula is C42H61NO7. The van der Waals surface area contributed by atoms with Crippen LogP contribution in [-0.4, -0.2) is 70.5 Å². The Kier molecular flexibility index (Phi) is 10.2. The van der Waals surface area contributed by atoms with E-state index in [9.17, 15) is 15.0 Å². The summed E-state index contributed by atoms with van der Waals surface area (Å²) >= 11 is 0. The molecule has 3 saturated heterocycles. The molecule has 3 fully saturated rings. The van der Waals surface area contributed by atoms with Crippen molar-refractivity contribution in [3.05, 3.63) is 46.6 Å². The summed E-state index contributed by atoms with van der Waals surface area (Å²) in [7, 11) is 0. The van der Waals surface area contributed by atoms with Gasteiger partial charge in [0.25, 0.3) is 0 Å². The van der Waals surface area contributed by atoms with Crippen LogP contribution in [0.5, 0.6) is 0 Å². The Balaban J connectivity index is 1.25. The van der Waals surface area contributed by atoms with Crippen LogP contribution in [0, 0.1) is 23.2 Å². The minimum absolute atomic E-state index is 0.00602. The molecule has 6 heterocycles. The summed E-state index contributed by atoms with van der Waals surface area (Å²) in [5, 5.41) is 22.4. The zero-order valence-corrected chi connectivity index (χ0v) is 31.2. The Morgan fingerprint density at radius 3 is 2.48 bits per heavy atom. The average Bonchev–Trinajstić information content (AvgIpc) is 3.57. The van der Waals surface area contributed by atoms with Gasteiger partial charge in [-0.2, -0.15) is 0 Å². The Bertz CT molecular complexity index is 1480. The molecule has 0 radical (unpaired) electrons. The Hall–Kier alpha value is -2.10. The number of allylic oxidation sites excluding steroid dienone is 3. The Labute approximate surface area is 299 Å². The molecule has 11 atom stereocenters. The molecule has 7 aliphatic rings. The van der Waals surface area contributed by atoms with Gasteiger partial charge >= 0.3 is 5.97 Å². The molecule has 0 aromatic heterocycles. The number of aliphatic imine (C=N–C) groups is 1. The molecule has 50 heavy (non-hydrogen) atoms. The van der Waals surface area contributed by atoms with Crippen molar-refractivity contribution in [1.29, 1.82) is 0 Å². The number of nitrogens with zero attached hydrogens (tertiary/aromatic N) is 1. The molecule has 4 bridgehead atoms. The first kappa shape index (κ1) is 36.3. The number of fused-ring (bicyclic) bond motifs is 2. The van der Waals surface area contributed by atoms with Crippen LogP contribution < -0.4 is 0 Å². The van der Waals surface area contributed by atoms with Gasteiger partial charge < -0.3 is 29.2 Å². The predicted molar refractivity (Wildman–Crippen MR) is 193 cm³/mol. The van der Waals surface area contributed by atoms with Crippen molar-refractivity contribution in [2.24, 2.45) is 28.2 Å². The molecule has 0 amide bonds. The number of aliphatic hydroxyl groups is 2. The maximum absolute atomic E-state index is 12.5. The first-order chi connectivity index (χ1) is 23.8. The number of esters is 1. The second-order valence-corrected chi connectivity index (χ2v) is 17.3. The highest BCUT2D eigenvalue weighted by Crippen LogP contribution is 2.55. The quantitative estimate of drug-likeness (QED) is 0.213. The first-order valence-corrected chi connectivity index (χ1v) is 19.7. The fourth-order valence-corrected chi connectivity index (χ4v) is 10.5. The third kappa shape index (κ3) is 6.89. The molecule has 2 N–H and O–H groups in total. The van der Waals surface area contributed by atoms with Gasteiger partial charge in [-0.05, 0) is 121 Å². The number of hydrogen-bond donors (Lipinski definition) is 2. The van der Waals surface area contributed by atoms with Crippen LogP contribution in [0.2, 0.25) is 0 Å². The summed E-state index contributed by atoms with van der Waals surface area (Å²) in [6.07, 6.45) is 14.3. The van der Waals surface area contributed by atoms with Crippen LogP contribution in [0.1, 0.15) is 131 Å². The van der Waals surface area contributed by atoms with E-state index in [0.717, 1.165) is 76.3 Å². The number of hydrogen-bond acceptors (Lipinski definition) is 8. The van der Waals surface area contributed by atoms with E-state index in [1.165, 1.54) is 22.4 Å². The van der Waals surface area contributed by atoms with E-state index >= 15 is 0 Å². The third-order valence-electron chi connectivity index (χ3n) is 13.6. The van der Waals surface area contributed by atoms with Gasteiger partial charge in [0.2, 0.25) is 0 Å². The number of carbonyl (C=O) groups excluding carboxylic acids is 1. The third-order valence-corrected chi connectivity index (χ3v) is 13.6. The lowest BCUT2D eigenvalue weighted by molar-refractivity contribution is -0.425. The predicted octanol–water partition coefficient (Wildman–Crippen LogP) is 7.83. The van der Waals surface area contributed by atoms with Gasteiger partial charge in [0.05, 0.1) is 18.3 Å². The average molecular weight is 692 g/mol. The monoisotopic (exact) mass is 691 g/mol. The largest absolute Gasteiger partial charge is 0.450 e. The fraction of sp³-hybridized carbons (Fsp3) is 0.762. The molecule has 0 aromatic rings. The van der Waals surface area contributed by atoms with E-state index in [0.29, 0.717) is 43.1 Å². The molecule has 6 aliphatic heterocycles. The highest BCUT2D eigenvalue weighted by atomic mass is 16.8. The summed E-state index contributed by atoms with van der Waals surface area (Å²) in [5.74, 6) is -1.21. The molecule has 11 unspecified atom stereocenters. The van der Waals surface area contributed by atoms with Crippen molar-refractivity contribution in [2.45, 2.75) is 173 Å². The minimum Gasteiger partial charge on any atom is -0.450 e.